The lowest BCUT2D eigenvalue weighted by Gasteiger charge is -2.24. The maximum absolute atomic E-state index is 12.2. The zero-order chi connectivity index (χ0) is 19.4. The molecule has 0 aromatic carbocycles. The van der Waals surface area contributed by atoms with Crippen LogP contribution >= 0.6 is 22.7 Å². The minimum atomic E-state index is -0.368. The molecule has 0 saturated carbocycles. The molecule has 0 fully saturated rings. The number of carbonyl (C=O) groups is 2. The number of nitrogens with one attached hydrogen (secondary N) is 1. The summed E-state index contributed by atoms with van der Waals surface area (Å²) < 4.78 is 5.47. The Kier molecular flexibility index (Phi) is 5.94. The molecule has 1 aliphatic rings. The van der Waals surface area contributed by atoms with Gasteiger partial charge in [-0.2, -0.15) is 16.6 Å². The van der Waals surface area contributed by atoms with Crippen molar-refractivity contribution in [3.8, 4) is 6.07 Å². The molecule has 27 heavy (non-hydrogen) atoms. The molecule has 6 nitrogen and oxygen atoms in total. The number of hydrogen-bond donors (Lipinski definition) is 1. The van der Waals surface area contributed by atoms with Gasteiger partial charge in [0.25, 0.3) is 0 Å². The van der Waals surface area contributed by atoms with E-state index in [0.29, 0.717) is 29.8 Å². The highest BCUT2D eigenvalue weighted by Gasteiger charge is 2.28. The molecule has 2 amide bonds. The van der Waals surface area contributed by atoms with Crippen LogP contribution in [0.2, 0.25) is 0 Å². The lowest BCUT2D eigenvalue weighted by atomic mass is 9.94. The van der Waals surface area contributed by atoms with Crippen LogP contribution in [0.5, 0.6) is 0 Å². The SMILES string of the molecule is CN(C)C(=O)OC1CCc2c(sc(NC(=O)/C=C/c3ccsc3)c2C#N)C1. The molecule has 2 aromatic rings. The molecule has 2 heterocycles. The second-order valence-corrected chi connectivity index (χ2v) is 8.23. The highest BCUT2D eigenvalue weighted by atomic mass is 32.1. The summed E-state index contributed by atoms with van der Waals surface area (Å²) in [4.78, 5) is 26.3. The number of thiophene rings is 2. The summed E-state index contributed by atoms with van der Waals surface area (Å²) in [6.45, 7) is 0. The first kappa shape index (κ1) is 19.1. The minimum Gasteiger partial charge on any atom is -0.446 e. The first-order valence-electron chi connectivity index (χ1n) is 8.41. The van der Waals surface area contributed by atoms with E-state index in [9.17, 15) is 14.9 Å². The van der Waals surface area contributed by atoms with Crippen molar-refractivity contribution in [2.75, 3.05) is 19.4 Å². The van der Waals surface area contributed by atoms with Gasteiger partial charge in [0.05, 0.1) is 5.56 Å². The zero-order valence-corrected chi connectivity index (χ0v) is 16.7. The molecule has 0 saturated heterocycles. The van der Waals surface area contributed by atoms with Gasteiger partial charge in [-0.3, -0.25) is 4.79 Å². The Morgan fingerprint density at radius 1 is 1.44 bits per heavy atom. The molecule has 1 atom stereocenters. The van der Waals surface area contributed by atoms with E-state index < -0.39 is 0 Å². The summed E-state index contributed by atoms with van der Waals surface area (Å²) in [5, 5.41) is 16.8. The Morgan fingerprint density at radius 3 is 2.93 bits per heavy atom. The van der Waals surface area contributed by atoms with Gasteiger partial charge in [-0.1, -0.05) is 0 Å². The molecule has 1 unspecified atom stereocenters. The largest absolute Gasteiger partial charge is 0.446 e. The average molecular weight is 402 g/mol. The van der Waals surface area contributed by atoms with E-state index in [4.69, 9.17) is 4.74 Å². The molecule has 0 aliphatic heterocycles. The summed E-state index contributed by atoms with van der Waals surface area (Å²) in [5.74, 6) is -0.271. The third-order valence-electron chi connectivity index (χ3n) is 4.17. The first-order valence-corrected chi connectivity index (χ1v) is 10.2. The maximum Gasteiger partial charge on any atom is 0.409 e. The number of nitriles is 1. The van der Waals surface area contributed by atoms with Crippen molar-refractivity contribution in [2.24, 2.45) is 0 Å². The fourth-order valence-corrected chi connectivity index (χ4v) is 4.70. The number of anilines is 1. The average Bonchev–Trinajstić information content (AvgIpc) is 3.26. The highest BCUT2D eigenvalue weighted by Crippen LogP contribution is 2.38. The molecule has 3 rings (SSSR count). The van der Waals surface area contributed by atoms with Gasteiger partial charge in [-0.05, 0) is 46.9 Å². The van der Waals surface area contributed by atoms with Crippen LogP contribution < -0.4 is 5.32 Å². The molecule has 1 N–H and O–H groups in total. The van der Waals surface area contributed by atoms with E-state index in [2.05, 4.69) is 11.4 Å². The zero-order valence-electron chi connectivity index (χ0n) is 15.0. The monoisotopic (exact) mass is 401 g/mol. The molecule has 140 valence electrons. The molecule has 8 heteroatoms. The second-order valence-electron chi connectivity index (χ2n) is 6.34. The highest BCUT2D eigenvalue weighted by molar-refractivity contribution is 7.16. The van der Waals surface area contributed by atoms with E-state index in [1.54, 1.807) is 31.5 Å². The number of carbonyl (C=O) groups excluding carboxylic acids is 2. The van der Waals surface area contributed by atoms with Crippen molar-refractivity contribution in [2.45, 2.75) is 25.4 Å². The summed E-state index contributed by atoms with van der Waals surface area (Å²) in [5.41, 5.74) is 2.44. The topological polar surface area (TPSA) is 82.4 Å². The predicted molar refractivity (Wildman–Crippen MR) is 107 cm³/mol. The van der Waals surface area contributed by atoms with Crippen LogP contribution in [0.4, 0.5) is 9.80 Å². The number of hydrogen-bond acceptors (Lipinski definition) is 6. The Labute approximate surface area is 165 Å². The molecular formula is C19H19N3O3S2. The molecule has 0 bridgehead atoms. The van der Waals surface area contributed by atoms with Crippen LogP contribution in [0.1, 0.15) is 28.0 Å². The Hall–Kier alpha value is -2.63. The maximum atomic E-state index is 12.2. The van der Waals surface area contributed by atoms with Crippen molar-refractivity contribution in [1.29, 1.82) is 5.26 Å². The van der Waals surface area contributed by atoms with Crippen LogP contribution in [-0.4, -0.2) is 37.1 Å². The van der Waals surface area contributed by atoms with Gasteiger partial charge in [0, 0.05) is 31.5 Å². The normalized spacial score (nSPS) is 15.8. The van der Waals surface area contributed by atoms with E-state index in [1.807, 2.05) is 16.8 Å². The lowest BCUT2D eigenvalue weighted by molar-refractivity contribution is -0.111. The van der Waals surface area contributed by atoms with Crippen LogP contribution in [0, 0.1) is 11.3 Å². The summed E-state index contributed by atoms with van der Waals surface area (Å²) in [6.07, 6.45) is 4.51. The van der Waals surface area contributed by atoms with Crippen LogP contribution in [-0.2, 0) is 22.4 Å². The van der Waals surface area contributed by atoms with Crippen molar-refractivity contribution >= 4 is 45.8 Å². The Bertz CT molecular complexity index is 908. The van der Waals surface area contributed by atoms with Gasteiger partial charge in [0.15, 0.2) is 0 Å². The quantitative estimate of drug-likeness (QED) is 0.788. The van der Waals surface area contributed by atoms with Gasteiger partial charge in [-0.15, -0.1) is 11.3 Å². The number of fused-ring (bicyclic) bond motifs is 1. The van der Waals surface area contributed by atoms with Crippen molar-refractivity contribution < 1.29 is 14.3 Å². The molecule has 0 radical (unpaired) electrons. The fraction of sp³-hybridized carbons (Fsp3) is 0.316. The van der Waals surface area contributed by atoms with Crippen molar-refractivity contribution in [3.05, 3.63) is 44.5 Å². The third kappa shape index (κ3) is 4.56. The van der Waals surface area contributed by atoms with Crippen molar-refractivity contribution in [3.63, 3.8) is 0 Å². The van der Waals surface area contributed by atoms with E-state index in [0.717, 1.165) is 16.0 Å². The fourth-order valence-electron chi connectivity index (χ4n) is 2.81. The Morgan fingerprint density at radius 2 is 2.26 bits per heavy atom. The molecule has 0 spiro atoms. The van der Waals surface area contributed by atoms with E-state index >= 15 is 0 Å². The Balaban J connectivity index is 1.71. The van der Waals surface area contributed by atoms with Crippen LogP contribution in [0.3, 0.4) is 0 Å². The van der Waals surface area contributed by atoms with Gasteiger partial charge >= 0.3 is 6.09 Å². The molecular weight excluding hydrogens is 382 g/mol. The second kappa shape index (κ2) is 8.37. The van der Waals surface area contributed by atoms with Gasteiger partial charge in [0.1, 0.15) is 17.2 Å². The number of rotatable bonds is 4. The van der Waals surface area contributed by atoms with Crippen LogP contribution in [0.25, 0.3) is 6.08 Å². The smallest absolute Gasteiger partial charge is 0.409 e. The van der Waals surface area contributed by atoms with Gasteiger partial charge < -0.3 is 15.0 Å². The molecule has 2 aromatic heterocycles. The molecule has 1 aliphatic carbocycles. The lowest BCUT2D eigenvalue weighted by Crippen LogP contribution is -2.31. The van der Waals surface area contributed by atoms with E-state index in [1.165, 1.54) is 22.3 Å². The number of ether oxygens (including phenoxy) is 1. The number of amides is 2. The third-order valence-corrected chi connectivity index (χ3v) is 6.04. The van der Waals surface area contributed by atoms with Crippen molar-refractivity contribution in [1.82, 2.24) is 4.90 Å². The van der Waals surface area contributed by atoms with Gasteiger partial charge in [0.2, 0.25) is 5.91 Å². The first-order chi connectivity index (χ1) is 13.0. The summed E-state index contributed by atoms with van der Waals surface area (Å²) >= 11 is 2.95. The predicted octanol–water partition coefficient (Wildman–Crippen LogP) is 3.89. The van der Waals surface area contributed by atoms with E-state index in [-0.39, 0.29) is 18.1 Å². The summed E-state index contributed by atoms with van der Waals surface area (Å²) in [7, 11) is 3.29. The van der Waals surface area contributed by atoms with Crippen LogP contribution in [0.15, 0.2) is 22.9 Å². The summed E-state index contributed by atoms with van der Waals surface area (Å²) in [6, 6.07) is 4.13. The number of nitrogens with zero attached hydrogens (tertiary/aromatic N) is 2. The van der Waals surface area contributed by atoms with Gasteiger partial charge in [-0.25, -0.2) is 4.79 Å². The standard InChI is InChI=1S/C19H19N3O3S2/c1-22(2)19(24)25-13-4-5-14-15(10-20)18(27-16(14)9-13)21-17(23)6-3-12-7-8-26-11-12/h3,6-8,11,13H,4-5,9H2,1-2H3,(H,21,23)/b6-3+. The minimum absolute atomic E-state index is 0.209.